The summed E-state index contributed by atoms with van der Waals surface area (Å²) in [4.78, 5) is 0.173. The van der Waals surface area contributed by atoms with Crippen LogP contribution in [-0.2, 0) is 16.6 Å². The van der Waals surface area contributed by atoms with Gasteiger partial charge in [-0.05, 0) is 32.0 Å². The molecule has 2 rings (SSSR count). The molecule has 0 bridgehead atoms. The maximum atomic E-state index is 12.5. The highest BCUT2D eigenvalue weighted by molar-refractivity contribution is 7.89. The number of aromatic nitrogens is 1. The van der Waals surface area contributed by atoms with Gasteiger partial charge >= 0.3 is 0 Å². The van der Waals surface area contributed by atoms with Crippen molar-refractivity contribution in [2.24, 2.45) is 0 Å². The van der Waals surface area contributed by atoms with Crippen molar-refractivity contribution in [2.45, 2.75) is 25.3 Å². The Morgan fingerprint density at radius 1 is 1.35 bits per heavy atom. The van der Waals surface area contributed by atoms with Crippen molar-refractivity contribution in [3.63, 3.8) is 0 Å². The van der Waals surface area contributed by atoms with Crippen molar-refractivity contribution in [2.75, 3.05) is 12.8 Å². The molecule has 7 heteroatoms. The first-order valence-electron chi connectivity index (χ1n) is 6.06. The molecule has 0 atom stereocenters. The SMILES string of the molecule is Cc1noc(C)c1CN(C)S(=O)(=O)c1cccc(N)c1. The van der Waals surface area contributed by atoms with Gasteiger partial charge in [-0.25, -0.2) is 8.42 Å². The maximum Gasteiger partial charge on any atom is 0.243 e. The fourth-order valence-corrected chi connectivity index (χ4v) is 3.08. The van der Waals surface area contributed by atoms with Crippen molar-refractivity contribution in [3.05, 3.63) is 41.3 Å². The average Bonchev–Trinajstić information content (AvgIpc) is 2.70. The van der Waals surface area contributed by atoms with Crippen LogP contribution in [0.25, 0.3) is 0 Å². The molecular weight excluding hydrogens is 278 g/mol. The van der Waals surface area contributed by atoms with Crippen LogP contribution in [0.4, 0.5) is 5.69 Å². The molecule has 1 aromatic heterocycles. The molecule has 0 radical (unpaired) electrons. The van der Waals surface area contributed by atoms with Crippen LogP contribution in [0.3, 0.4) is 0 Å². The van der Waals surface area contributed by atoms with E-state index in [1.165, 1.54) is 23.5 Å². The lowest BCUT2D eigenvalue weighted by molar-refractivity contribution is 0.390. The molecule has 0 fully saturated rings. The topological polar surface area (TPSA) is 89.4 Å². The van der Waals surface area contributed by atoms with E-state index in [1.807, 2.05) is 0 Å². The van der Waals surface area contributed by atoms with Crippen LogP contribution in [-0.4, -0.2) is 24.9 Å². The van der Waals surface area contributed by atoms with Gasteiger partial charge in [0.15, 0.2) is 0 Å². The lowest BCUT2D eigenvalue weighted by Gasteiger charge is -2.17. The molecule has 0 saturated carbocycles. The van der Waals surface area contributed by atoms with E-state index in [2.05, 4.69) is 5.16 Å². The zero-order chi connectivity index (χ0) is 14.9. The third-order valence-corrected chi connectivity index (χ3v) is 4.93. The molecule has 2 N–H and O–H groups in total. The van der Waals surface area contributed by atoms with E-state index in [0.717, 1.165) is 5.56 Å². The Balaban J connectivity index is 2.31. The number of sulfonamides is 1. The van der Waals surface area contributed by atoms with Crippen LogP contribution in [0.1, 0.15) is 17.0 Å². The predicted octanol–water partition coefficient (Wildman–Crippen LogP) is 1.69. The number of anilines is 1. The lowest BCUT2D eigenvalue weighted by atomic mass is 10.2. The number of hydrogen-bond acceptors (Lipinski definition) is 5. The van der Waals surface area contributed by atoms with E-state index < -0.39 is 10.0 Å². The molecule has 0 saturated heterocycles. The second-order valence-electron chi connectivity index (χ2n) is 4.64. The summed E-state index contributed by atoms with van der Waals surface area (Å²) in [6, 6.07) is 6.23. The molecule has 1 aromatic carbocycles. The van der Waals surface area contributed by atoms with Crippen LogP contribution in [0.15, 0.2) is 33.7 Å². The average molecular weight is 295 g/mol. The van der Waals surface area contributed by atoms with Crippen molar-refractivity contribution >= 4 is 15.7 Å². The minimum atomic E-state index is -3.59. The van der Waals surface area contributed by atoms with Gasteiger partial charge < -0.3 is 10.3 Å². The largest absolute Gasteiger partial charge is 0.399 e. The highest BCUT2D eigenvalue weighted by Gasteiger charge is 2.23. The molecule has 0 aliphatic carbocycles. The van der Waals surface area contributed by atoms with Crippen molar-refractivity contribution in [1.82, 2.24) is 9.46 Å². The number of nitrogens with two attached hydrogens (primary N) is 1. The molecule has 2 aromatic rings. The van der Waals surface area contributed by atoms with E-state index in [-0.39, 0.29) is 11.4 Å². The number of hydrogen-bond donors (Lipinski definition) is 1. The summed E-state index contributed by atoms with van der Waals surface area (Å²) in [6.45, 7) is 3.75. The first-order valence-corrected chi connectivity index (χ1v) is 7.50. The van der Waals surface area contributed by atoms with Crippen molar-refractivity contribution < 1.29 is 12.9 Å². The molecule has 20 heavy (non-hydrogen) atoms. The van der Waals surface area contributed by atoms with Gasteiger partial charge in [-0.2, -0.15) is 4.31 Å². The Morgan fingerprint density at radius 3 is 2.60 bits per heavy atom. The first-order chi connectivity index (χ1) is 9.32. The normalized spacial score (nSPS) is 12.0. The zero-order valence-corrected chi connectivity index (χ0v) is 12.4. The Morgan fingerprint density at radius 2 is 2.05 bits per heavy atom. The van der Waals surface area contributed by atoms with Gasteiger partial charge in [0.1, 0.15) is 5.76 Å². The predicted molar refractivity (Wildman–Crippen MR) is 75.5 cm³/mol. The molecule has 108 valence electrons. The highest BCUT2D eigenvalue weighted by atomic mass is 32.2. The molecule has 0 amide bonds. The van der Waals surface area contributed by atoms with Gasteiger partial charge in [0, 0.05) is 24.8 Å². The maximum absolute atomic E-state index is 12.5. The summed E-state index contributed by atoms with van der Waals surface area (Å²) in [5.41, 5.74) is 7.51. The third-order valence-electron chi connectivity index (χ3n) is 3.13. The van der Waals surface area contributed by atoms with Gasteiger partial charge in [-0.1, -0.05) is 11.2 Å². The number of rotatable bonds is 4. The highest BCUT2D eigenvalue weighted by Crippen LogP contribution is 2.21. The van der Waals surface area contributed by atoms with Gasteiger partial charge in [0.25, 0.3) is 0 Å². The summed E-state index contributed by atoms with van der Waals surface area (Å²) in [5.74, 6) is 0.622. The molecule has 0 aliphatic rings. The summed E-state index contributed by atoms with van der Waals surface area (Å²) in [5, 5.41) is 3.82. The molecule has 1 heterocycles. The van der Waals surface area contributed by atoms with E-state index in [9.17, 15) is 8.42 Å². The van der Waals surface area contributed by atoms with E-state index in [4.69, 9.17) is 10.3 Å². The Bertz CT molecular complexity index is 703. The number of nitrogens with zero attached hydrogens (tertiary/aromatic N) is 2. The van der Waals surface area contributed by atoms with Crippen LogP contribution < -0.4 is 5.73 Å². The number of benzene rings is 1. The van der Waals surface area contributed by atoms with Gasteiger partial charge in [0.05, 0.1) is 10.6 Å². The second kappa shape index (κ2) is 5.26. The van der Waals surface area contributed by atoms with Gasteiger partial charge in [0.2, 0.25) is 10.0 Å². The fourth-order valence-electron chi connectivity index (χ4n) is 1.89. The van der Waals surface area contributed by atoms with Crippen molar-refractivity contribution in [3.8, 4) is 0 Å². The van der Waals surface area contributed by atoms with E-state index >= 15 is 0 Å². The summed E-state index contributed by atoms with van der Waals surface area (Å²) in [7, 11) is -2.07. The van der Waals surface area contributed by atoms with Crippen molar-refractivity contribution in [1.29, 1.82) is 0 Å². The fraction of sp³-hybridized carbons (Fsp3) is 0.308. The smallest absolute Gasteiger partial charge is 0.243 e. The second-order valence-corrected chi connectivity index (χ2v) is 6.68. The summed E-state index contributed by atoms with van der Waals surface area (Å²) in [6.07, 6.45) is 0. The monoisotopic (exact) mass is 295 g/mol. The molecule has 0 spiro atoms. The minimum absolute atomic E-state index is 0.173. The minimum Gasteiger partial charge on any atom is -0.399 e. The quantitative estimate of drug-likeness (QED) is 0.867. The zero-order valence-electron chi connectivity index (χ0n) is 11.6. The van der Waals surface area contributed by atoms with Crippen LogP contribution in [0, 0.1) is 13.8 Å². The molecule has 0 unspecified atom stereocenters. The summed E-state index contributed by atoms with van der Waals surface area (Å²) >= 11 is 0. The van der Waals surface area contributed by atoms with Gasteiger partial charge in [-0.3, -0.25) is 0 Å². The Kier molecular flexibility index (Phi) is 3.82. The van der Waals surface area contributed by atoms with Gasteiger partial charge in [-0.15, -0.1) is 0 Å². The first kappa shape index (κ1) is 14.5. The Labute approximate surface area is 118 Å². The van der Waals surface area contributed by atoms with Crippen LogP contribution in [0.5, 0.6) is 0 Å². The van der Waals surface area contributed by atoms with Crippen LogP contribution in [0.2, 0.25) is 0 Å². The number of nitrogen functional groups attached to an aromatic ring is 1. The molecular formula is C13H17N3O3S. The van der Waals surface area contributed by atoms with E-state index in [1.54, 1.807) is 26.0 Å². The lowest BCUT2D eigenvalue weighted by Crippen LogP contribution is -2.27. The summed E-state index contributed by atoms with van der Waals surface area (Å²) < 4.78 is 31.2. The number of aryl methyl sites for hydroxylation is 2. The molecule has 0 aliphatic heterocycles. The standard InChI is InChI=1S/C13H17N3O3S/c1-9-13(10(2)19-15-9)8-16(3)20(17,18)12-6-4-5-11(14)7-12/h4-7H,8,14H2,1-3H3. The van der Waals surface area contributed by atoms with Crippen LogP contribution >= 0.6 is 0 Å². The molecule has 6 nitrogen and oxygen atoms in total. The third kappa shape index (κ3) is 2.68. The van der Waals surface area contributed by atoms with E-state index in [0.29, 0.717) is 17.1 Å². The Hall–Kier alpha value is -1.86.